The summed E-state index contributed by atoms with van der Waals surface area (Å²) in [5.74, 6) is -0.249. The maximum absolute atomic E-state index is 13.7. The summed E-state index contributed by atoms with van der Waals surface area (Å²) in [5.41, 5.74) is 4.82. The first-order valence-corrected chi connectivity index (χ1v) is 14.9. The van der Waals surface area contributed by atoms with Crippen molar-refractivity contribution in [3.8, 4) is 0 Å². The van der Waals surface area contributed by atoms with Crippen LogP contribution in [0.15, 0.2) is 42.5 Å². The number of hydrogen-bond acceptors (Lipinski definition) is 5. The van der Waals surface area contributed by atoms with Gasteiger partial charge in [-0.2, -0.15) is 0 Å². The van der Waals surface area contributed by atoms with Crippen LogP contribution in [0.4, 0.5) is 17.1 Å². The van der Waals surface area contributed by atoms with E-state index in [-0.39, 0.29) is 11.7 Å². The van der Waals surface area contributed by atoms with Crippen LogP contribution in [0.25, 0.3) is 10.9 Å². The maximum Gasteiger partial charge on any atom is 0.257 e. The van der Waals surface area contributed by atoms with Gasteiger partial charge in [0.05, 0.1) is 40.0 Å². The van der Waals surface area contributed by atoms with Crippen LogP contribution in [-0.4, -0.2) is 42.8 Å². The summed E-state index contributed by atoms with van der Waals surface area (Å²) in [6.07, 6.45) is 5.92. The number of hydrogen-bond donors (Lipinski definition) is 3. The van der Waals surface area contributed by atoms with E-state index in [2.05, 4.69) is 19.5 Å². The van der Waals surface area contributed by atoms with Crippen LogP contribution in [0.3, 0.4) is 0 Å². The maximum atomic E-state index is 13.7. The number of aliphatic hydroxyl groups excluding tert-OH is 1. The van der Waals surface area contributed by atoms with Gasteiger partial charge in [0.2, 0.25) is 10.0 Å². The summed E-state index contributed by atoms with van der Waals surface area (Å²) in [7, 11) is -3.43. The van der Waals surface area contributed by atoms with E-state index >= 15 is 0 Å². The first-order chi connectivity index (χ1) is 17.8. The average Bonchev–Trinajstić information content (AvgIpc) is 3.52. The molecular formula is C28H34N4O4S. The molecule has 0 bridgehead atoms. The van der Waals surface area contributed by atoms with E-state index in [1.807, 2.05) is 24.3 Å². The molecule has 9 heteroatoms. The summed E-state index contributed by atoms with van der Waals surface area (Å²) in [4.78, 5) is 15.9. The topological polar surface area (TPSA) is 104 Å². The first-order valence-electron chi connectivity index (χ1n) is 13.3. The molecule has 1 aliphatic carbocycles. The van der Waals surface area contributed by atoms with Gasteiger partial charge in [-0.15, -0.1) is 0 Å². The third-order valence-corrected chi connectivity index (χ3v) is 9.75. The van der Waals surface area contributed by atoms with Gasteiger partial charge in [-0.1, -0.05) is 6.07 Å². The van der Waals surface area contributed by atoms with Gasteiger partial charge in [0, 0.05) is 30.7 Å². The minimum atomic E-state index is -3.43. The fourth-order valence-corrected chi connectivity index (χ4v) is 6.55. The molecule has 1 spiro atoms. The Labute approximate surface area is 217 Å². The molecule has 6 rings (SSSR count). The highest BCUT2D eigenvalue weighted by Gasteiger charge is 2.44. The third kappa shape index (κ3) is 4.59. The van der Waals surface area contributed by atoms with Gasteiger partial charge in [0.15, 0.2) is 0 Å². The van der Waals surface area contributed by atoms with Crippen molar-refractivity contribution < 1.29 is 18.3 Å². The molecule has 2 aromatic carbocycles. The second kappa shape index (κ2) is 9.06. The van der Waals surface area contributed by atoms with Crippen LogP contribution in [0.2, 0.25) is 0 Å². The largest absolute Gasteiger partial charge is 0.387 e. The van der Waals surface area contributed by atoms with E-state index in [0.717, 1.165) is 67.6 Å². The second-order valence-corrected chi connectivity index (χ2v) is 12.8. The van der Waals surface area contributed by atoms with Crippen molar-refractivity contribution in [1.29, 1.82) is 0 Å². The zero-order valence-corrected chi connectivity index (χ0v) is 22.0. The Kier molecular flexibility index (Phi) is 5.95. The van der Waals surface area contributed by atoms with Crippen molar-refractivity contribution in [3.05, 3.63) is 53.7 Å². The molecule has 2 fully saturated rings. The molecule has 8 nitrogen and oxygen atoms in total. The first kappa shape index (κ1) is 24.3. The van der Waals surface area contributed by atoms with Crippen LogP contribution in [0.1, 0.15) is 67.6 Å². The van der Waals surface area contributed by atoms with Crippen LogP contribution < -0.4 is 14.9 Å². The highest BCUT2D eigenvalue weighted by atomic mass is 32.2. The van der Waals surface area contributed by atoms with Crippen molar-refractivity contribution in [1.82, 2.24) is 4.57 Å². The second-order valence-electron chi connectivity index (χ2n) is 10.8. The lowest BCUT2D eigenvalue weighted by molar-refractivity contribution is 0.102. The summed E-state index contributed by atoms with van der Waals surface area (Å²) in [6, 6.07) is 13.0. The molecule has 1 unspecified atom stereocenters. The molecule has 1 saturated carbocycles. The van der Waals surface area contributed by atoms with Crippen LogP contribution in [0.5, 0.6) is 0 Å². The monoisotopic (exact) mass is 522 g/mol. The molecule has 3 aliphatic rings. The van der Waals surface area contributed by atoms with E-state index in [0.29, 0.717) is 22.4 Å². The quantitative estimate of drug-likeness (QED) is 0.429. The fraction of sp³-hybridized carbons (Fsp3) is 0.464. The lowest BCUT2D eigenvalue weighted by Gasteiger charge is -2.35. The molecule has 3 heterocycles. The number of piperidine rings is 1. The predicted molar refractivity (Wildman–Crippen MR) is 147 cm³/mol. The summed E-state index contributed by atoms with van der Waals surface area (Å²) >= 11 is 0. The summed E-state index contributed by atoms with van der Waals surface area (Å²) in [6.45, 7) is 4.15. The van der Waals surface area contributed by atoms with Crippen molar-refractivity contribution in [2.24, 2.45) is 5.41 Å². The van der Waals surface area contributed by atoms with E-state index in [1.54, 1.807) is 25.1 Å². The zero-order valence-electron chi connectivity index (χ0n) is 21.2. The van der Waals surface area contributed by atoms with Crippen molar-refractivity contribution >= 4 is 43.9 Å². The number of fused-ring (bicyclic) bond motifs is 3. The molecular weight excluding hydrogens is 488 g/mol. The predicted octanol–water partition coefficient (Wildman–Crippen LogP) is 4.86. The Morgan fingerprint density at radius 2 is 1.86 bits per heavy atom. The normalized spacial score (nSPS) is 20.6. The molecule has 37 heavy (non-hydrogen) atoms. The number of nitrogens with one attached hydrogen (secondary N) is 2. The molecule has 0 radical (unpaired) electrons. The lowest BCUT2D eigenvalue weighted by Crippen LogP contribution is -2.35. The van der Waals surface area contributed by atoms with Gasteiger partial charge in [-0.05, 0) is 87.3 Å². The Balaban J connectivity index is 1.33. The number of carbonyl (C=O) groups is 1. The molecule has 1 amide bonds. The number of aromatic nitrogens is 1. The lowest BCUT2D eigenvalue weighted by atomic mass is 9.93. The summed E-state index contributed by atoms with van der Waals surface area (Å²) in [5, 5.41) is 14.5. The number of benzene rings is 2. The van der Waals surface area contributed by atoms with E-state index in [9.17, 15) is 18.3 Å². The van der Waals surface area contributed by atoms with Crippen molar-refractivity contribution in [2.45, 2.75) is 58.1 Å². The Morgan fingerprint density at radius 3 is 2.59 bits per heavy atom. The average molecular weight is 523 g/mol. The van der Waals surface area contributed by atoms with Gasteiger partial charge in [-0.25, -0.2) is 8.42 Å². The van der Waals surface area contributed by atoms with Gasteiger partial charge in [0.25, 0.3) is 5.91 Å². The van der Waals surface area contributed by atoms with Gasteiger partial charge in [-0.3, -0.25) is 9.52 Å². The third-order valence-electron chi connectivity index (χ3n) is 8.44. The van der Waals surface area contributed by atoms with Crippen LogP contribution in [-0.2, 0) is 16.6 Å². The Morgan fingerprint density at radius 1 is 1.08 bits per heavy atom. The Hall–Kier alpha value is -3.04. The molecule has 196 valence electrons. The fourth-order valence-electron chi connectivity index (χ4n) is 5.92. The van der Waals surface area contributed by atoms with Crippen LogP contribution in [0, 0.1) is 5.41 Å². The van der Waals surface area contributed by atoms with Gasteiger partial charge >= 0.3 is 0 Å². The SMILES string of the molecule is CCS(=O)(=O)Nc1ccc(C(=O)Nc2cccc3c2cc2n3CCCC2O)c(N2CCC3(CC2)CC3)c1. The molecule has 2 aliphatic heterocycles. The van der Waals surface area contributed by atoms with Gasteiger partial charge < -0.3 is 19.9 Å². The number of aliphatic hydroxyl groups is 1. The summed E-state index contributed by atoms with van der Waals surface area (Å²) < 4.78 is 29.2. The van der Waals surface area contributed by atoms with Crippen molar-refractivity contribution in [3.63, 3.8) is 0 Å². The number of nitrogens with zero attached hydrogens (tertiary/aromatic N) is 2. The zero-order chi connectivity index (χ0) is 25.8. The minimum absolute atomic E-state index is 0.0167. The molecule has 3 N–H and O–H groups in total. The number of sulfonamides is 1. The minimum Gasteiger partial charge on any atom is -0.387 e. The number of rotatable bonds is 6. The number of amides is 1. The Bertz CT molecular complexity index is 1460. The van der Waals surface area contributed by atoms with E-state index in [1.165, 1.54) is 12.8 Å². The highest BCUT2D eigenvalue weighted by molar-refractivity contribution is 7.92. The van der Waals surface area contributed by atoms with E-state index < -0.39 is 16.1 Å². The van der Waals surface area contributed by atoms with Gasteiger partial charge in [0.1, 0.15) is 0 Å². The van der Waals surface area contributed by atoms with Crippen molar-refractivity contribution in [2.75, 3.05) is 33.8 Å². The standard InChI is InChI=1S/C28H34N4O4S/c1-2-37(35,36)30-19-8-9-20(24(17-19)31-15-12-28(10-11-28)13-16-31)27(34)29-22-5-3-6-23-21(22)18-25-26(33)7-4-14-32(23)25/h3,5-6,8-9,17-18,26,30,33H,2,4,7,10-16H2,1H3,(H,29,34). The molecule has 1 aromatic heterocycles. The van der Waals surface area contributed by atoms with Crippen LogP contribution >= 0.6 is 0 Å². The molecule has 1 saturated heterocycles. The van der Waals surface area contributed by atoms with E-state index in [4.69, 9.17) is 0 Å². The highest BCUT2D eigenvalue weighted by Crippen LogP contribution is 2.54. The molecule has 1 atom stereocenters. The number of carbonyl (C=O) groups excluding carboxylic acids is 1. The molecule has 3 aromatic rings. The smallest absolute Gasteiger partial charge is 0.257 e. The number of aryl methyl sites for hydroxylation is 1. The number of anilines is 3.